The number of hydrogen-bond donors (Lipinski definition) is 1. The Labute approximate surface area is 81.6 Å². The molecular weight excluding hydrogens is 162 g/mol. The van der Waals surface area contributed by atoms with E-state index in [1.54, 1.807) is 6.92 Å². The third-order valence-electron chi connectivity index (χ3n) is 3.64. The first-order valence-corrected chi connectivity index (χ1v) is 4.99. The lowest BCUT2D eigenvalue weighted by atomic mass is 9.67. The second-order valence-electron chi connectivity index (χ2n) is 4.25. The lowest BCUT2D eigenvalue weighted by Crippen LogP contribution is -2.47. The molecule has 0 aromatic carbocycles. The maximum Gasteiger partial charge on any atom is 0.0829 e. The molecule has 0 saturated heterocycles. The highest BCUT2D eigenvalue weighted by Crippen LogP contribution is 2.40. The van der Waals surface area contributed by atoms with Gasteiger partial charge < -0.3 is 5.11 Å². The van der Waals surface area contributed by atoms with E-state index in [0.717, 1.165) is 6.42 Å². The Morgan fingerprint density at radius 1 is 1.38 bits per heavy atom. The third-order valence-corrected chi connectivity index (χ3v) is 3.64. The molecule has 0 saturated carbocycles. The minimum absolute atomic E-state index is 0.150. The van der Waals surface area contributed by atoms with Crippen molar-refractivity contribution >= 4 is 0 Å². The molecule has 0 aromatic rings. The molecule has 1 N–H and O–H groups in total. The molecule has 2 heteroatoms. The predicted octanol–water partition coefficient (Wildman–Crippen LogP) is 2.72. The van der Waals surface area contributed by atoms with Crippen molar-refractivity contribution in [3.05, 3.63) is 0 Å². The highest BCUT2D eigenvalue weighted by molar-refractivity contribution is 5.08. The predicted molar refractivity (Wildman–Crippen MR) is 54.1 cm³/mol. The Bertz CT molecular complexity index is 205. The molecule has 2 nitrogen and oxygen atoms in total. The standard InChI is InChI=1S/C11H21NO/c1-6-9(3)11(5,13)10(4,7-2)8-12/h9,13H,6-7H2,1-5H3. The van der Waals surface area contributed by atoms with Crippen LogP contribution in [-0.4, -0.2) is 10.7 Å². The molecule has 0 heterocycles. The summed E-state index contributed by atoms with van der Waals surface area (Å²) in [5, 5.41) is 19.3. The fourth-order valence-electron chi connectivity index (χ4n) is 1.49. The molecule has 0 aliphatic heterocycles. The van der Waals surface area contributed by atoms with Crippen LogP contribution in [0, 0.1) is 22.7 Å². The summed E-state index contributed by atoms with van der Waals surface area (Å²) in [5.41, 5.74) is -1.53. The van der Waals surface area contributed by atoms with Crippen LogP contribution in [0.3, 0.4) is 0 Å². The van der Waals surface area contributed by atoms with Crippen molar-refractivity contribution < 1.29 is 5.11 Å². The Hall–Kier alpha value is -0.550. The van der Waals surface area contributed by atoms with Gasteiger partial charge in [0, 0.05) is 0 Å². The summed E-state index contributed by atoms with van der Waals surface area (Å²) < 4.78 is 0. The van der Waals surface area contributed by atoms with Gasteiger partial charge in [-0.2, -0.15) is 5.26 Å². The molecule has 0 aliphatic carbocycles. The molecule has 76 valence electrons. The van der Waals surface area contributed by atoms with Gasteiger partial charge in [-0.05, 0) is 26.2 Å². The summed E-state index contributed by atoms with van der Waals surface area (Å²) in [4.78, 5) is 0. The smallest absolute Gasteiger partial charge is 0.0829 e. The van der Waals surface area contributed by atoms with Gasteiger partial charge in [0.15, 0.2) is 0 Å². The maximum atomic E-state index is 10.3. The Morgan fingerprint density at radius 3 is 2.08 bits per heavy atom. The van der Waals surface area contributed by atoms with E-state index < -0.39 is 11.0 Å². The molecule has 0 fully saturated rings. The Kier molecular flexibility index (Phi) is 3.93. The molecule has 3 unspecified atom stereocenters. The van der Waals surface area contributed by atoms with Crippen LogP contribution >= 0.6 is 0 Å². The van der Waals surface area contributed by atoms with Crippen molar-refractivity contribution in [2.24, 2.45) is 11.3 Å². The summed E-state index contributed by atoms with van der Waals surface area (Å²) in [6.07, 6.45) is 1.57. The van der Waals surface area contributed by atoms with Gasteiger partial charge in [0.05, 0.1) is 17.1 Å². The molecular formula is C11H21NO. The summed E-state index contributed by atoms with van der Waals surface area (Å²) >= 11 is 0. The van der Waals surface area contributed by atoms with Crippen molar-refractivity contribution in [2.45, 2.75) is 53.1 Å². The average molecular weight is 183 g/mol. The largest absolute Gasteiger partial charge is 0.388 e. The molecule has 0 rings (SSSR count). The monoisotopic (exact) mass is 183 g/mol. The van der Waals surface area contributed by atoms with E-state index >= 15 is 0 Å². The number of hydrogen-bond acceptors (Lipinski definition) is 2. The highest BCUT2D eigenvalue weighted by atomic mass is 16.3. The molecule has 0 radical (unpaired) electrons. The zero-order valence-corrected chi connectivity index (χ0v) is 9.39. The average Bonchev–Trinajstić information content (AvgIpc) is 2.14. The van der Waals surface area contributed by atoms with E-state index in [4.69, 9.17) is 5.26 Å². The van der Waals surface area contributed by atoms with Crippen LogP contribution in [0.5, 0.6) is 0 Å². The number of aliphatic hydroxyl groups is 1. The minimum Gasteiger partial charge on any atom is -0.388 e. The van der Waals surface area contributed by atoms with E-state index in [0.29, 0.717) is 6.42 Å². The van der Waals surface area contributed by atoms with E-state index in [9.17, 15) is 5.11 Å². The lowest BCUT2D eigenvalue weighted by molar-refractivity contribution is -0.0766. The van der Waals surface area contributed by atoms with E-state index in [-0.39, 0.29) is 5.92 Å². The summed E-state index contributed by atoms with van der Waals surface area (Å²) in [5.74, 6) is 0.150. The lowest BCUT2D eigenvalue weighted by Gasteiger charge is -2.41. The summed E-state index contributed by atoms with van der Waals surface area (Å²) in [6, 6.07) is 2.23. The van der Waals surface area contributed by atoms with Crippen molar-refractivity contribution in [3.8, 4) is 6.07 Å². The first-order chi connectivity index (χ1) is 5.85. The number of rotatable bonds is 4. The molecule has 0 bridgehead atoms. The SMILES string of the molecule is CCC(C)C(C)(O)C(C)(C#N)CC. The summed E-state index contributed by atoms with van der Waals surface area (Å²) in [6.45, 7) is 9.57. The molecule has 13 heavy (non-hydrogen) atoms. The van der Waals surface area contributed by atoms with Gasteiger partial charge >= 0.3 is 0 Å². The Balaban J connectivity index is 4.90. The van der Waals surface area contributed by atoms with Crippen molar-refractivity contribution in [2.75, 3.05) is 0 Å². The van der Waals surface area contributed by atoms with E-state index in [1.165, 1.54) is 0 Å². The molecule has 0 aromatic heterocycles. The number of nitriles is 1. The quantitative estimate of drug-likeness (QED) is 0.728. The zero-order valence-electron chi connectivity index (χ0n) is 9.39. The van der Waals surface area contributed by atoms with Gasteiger partial charge in [0.25, 0.3) is 0 Å². The van der Waals surface area contributed by atoms with Gasteiger partial charge in [0.1, 0.15) is 0 Å². The highest BCUT2D eigenvalue weighted by Gasteiger charge is 2.45. The molecule has 3 atom stereocenters. The maximum absolute atomic E-state index is 10.3. The fourth-order valence-corrected chi connectivity index (χ4v) is 1.49. The minimum atomic E-state index is -0.898. The second kappa shape index (κ2) is 4.11. The van der Waals surface area contributed by atoms with Crippen LogP contribution in [0.1, 0.15) is 47.5 Å². The zero-order chi connectivity index (χ0) is 10.7. The van der Waals surface area contributed by atoms with E-state index in [1.807, 2.05) is 27.7 Å². The normalized spacial score (nSPS) is 22.5. The van der Waals surface area contributed by atoms with Gasteiger partial charge in [-0.25, -0.2) is 0 Å². The topological polar surface area (TPSA) is 44.0 Å². The fraction of sp³-hybridized carbons (Fsp3) is 0.909. The van der Waals surface area contributed by atoms with Gasteiger partial charge in [-0.1, -0.05) is 27.2 Å². The molecule has 0 aliphatic rings. The van der Waals surface area contributed by atoms with Gasteiger partial charge in [0.2, 0.25) is 0 Å². The van der Waals surface area contributed by atoms with Crippen LogP contribution in [-0.2, 0) is 0 Å². The molecule has 0 spiro atoms. The first kappa shape index (κ1) is 12.4. The first-order valence-electron chi connectivity index (χ1n) is 4.99. The summed E-state index contributed by atoms with van der Waals surface area (Å²) in [7, 11) is 0. The van der Waals surface area contributed by atoms with Crippen molar-refractivity contribution in [1.82, 2.24) is 0 Å². The van der Waals surface area contributed by atoms with E-state index in [2.05, 4.69) is 6.07 Å². The van der Waals surface area contributed by atoms with Crippen LogP contribution < -0.4 is 0 Å². The van der Waals surface area contributed by atoms with Crippen LogP contribution in [0.25, 0.3) is 0 Å². The third kappa shape index (κ3) is 2.03. The van der Waals surface area contributed by atoms with Crippen molar-refractivity contribution in [1.29, 1.82) is 5.26 Å². The van der Waals surface area contributed by atoms with Gasteiger partial charge in [-0.15, -0.1) is 0 Å². The van der Waals surface area contributed by atoms with Crippen LogP contribution in [0.4, 0.5) is 0 Å². The van der Waals surface area contributed by atoms with Crippen LogP contribution in [0.2, 0.25) is 0 Å². The number of nitrogens with zero attached hydrogens (tertiary/aromatic N) is 1. The van der Waals surface area contributed by atoms with Crippen LogP contribution in [0.15, 0.2) is 0 Å². The van der Waals surface area contributed by atoms with Gasteiger partial charge in [-0.3, -0.25) is 0 Å². The van der Waals surface area contributed by atoms with Crippen molar-refractivity contribution in [3.63, 3.8) is 0 Å². The second-order valence-corrected chi connectivity index (χ2v) is 4.25. The molecule has 0 amide bonds. The Morgan fingerprint density at radius 2 is 1.85 bits per heavy atom.